The van der Waals surface area contributed by atoms with Gasteiger partial charge in [-0.2, -0.15) is 0 Å². The Morgan fingerprint density at radius 3 is 2.72 bits per heavy atom. The van der Waals surface area contributed by atoms with Gasteiger partial charge in [-0.3, -0.25) is 14.4 Å². The number of aryl methyl sites for hydroxylation is 1. The number of allylic oxidation sites excluding steroid dienone is 1. The predicted octanol–water partition coefficient (Wildman–Crippen LogP) is -1.85. The number of nitrogens with zero attached hydrogens (tertiary/aromatic N) is 1. The van der Waals surface area contributed by atoms with Gasteiger partial charge in [0.2, 0.25) is 5.91 Å². The Morgan fingerprint density at radius 2 is 2.14 bits per heavy atom. The predicted molar refractivity (Wildman–Crippen MR) is 103 cm³/mol. The van der Waals surface area contributed by atoms with E-state index in [0.29, 0.717) is 11.1 Å². The van der Waals surface area contributed by atoms with Gasteiger partial charge in [0.25, 0.3) is 5.91 Å². The maximum absolute atomic E-state index is 13.1. The minimum Gasteiger partial charge on any atom is -1.00 e. The zero-order chi connectivity index (χ0) is 20.6. The van der Waals surface area contributed by atoms with E-state index >= 15 is 0 Å². The number of carbonyl (C=O) groups is 3. The molecule has 1 aromatic carbocycles. The summed E-state index contributed by atoms with van der Waals surface area (Å²) in [5.41, 5.74) is 6.72. The Hall–Kier alpha value is -1.98. The molecule has 2 aliphatic rings. The molecule has 0 spiro atoms. The van der Waals surface area contributed by atoms with E-state index in [2.05, 4.69) is 5.32 Å². The van der Waals surface area contributed by atoms with E-state index in [4.69, 9.17) is 10.5 Å². The van der Waals surface area contributed by atoms with Crippen LogP contribution in [0, 0.1) is 6.92 Å². The van der Waals surface area contributed by atoms with E-state index < -0.39 is 40.3 Å². The maximum atomic E-state index is 13.1. The number of carbonyl (C=O) groups excluding carboxylic acids is 3. The molecular weight excluding hydrogens is 409 g/mol. The topological polar surface area (TPSA) is 139 Å². The fraction of sp³-hybridized carbons (Fsp3) is 0.278. The number of benzene rings is 1. The Kier molecular flexibility index (Phi) is 7.41. The van der Waals surface area contributed by atoms with Crippen molar-refractivity contribution in [1.82, 2.24) is 4.90 Å². The van der Waals surface area contributed by atoms with Crippen molar-refractivity contribution in [2.24, 2.45) is 5.73 Å². The van der Waals surface area contributed by atoms with Gasteiger partial charge in [-0.05, 0) is 30.5 Å². The molecule has 3 rings (SSSR count). The van der Waals surface area contributed by atoms with E-state index in [1.54, 1.807) is 19.1 Å². The quantitative estimate of drug-likeness (QED) is 0.168. The Morgan fingerprint density at radius 1 is 1.45 bits per heavy atom. The first-order chi connectivity index (χ1) is 13.2. The molecule has 11 heteroatoms. The van der Waals surface area contributed by atoms with Crippen LogP contribution in [0.25, 0.3) is 0 Å². The molecule has 3 unspecified atom stereocenters. The second-order valence-electron chi connectivity index (χ2n) is 6.49. The first-order valence-electron chi connectivity index (χ1n) is 8.38. The van der Waals surface area contributed by atoms with Crippen LogP contribution in [0.1, 0.15) is 30.7 Å². The van der Waals surface area contributed by atoms with Crippen LogP contribution in [0.15, 0.2) is 36.1 Å². The number of nitrogens with two attached hydrogens (primary N) is 1. The van der Waals surface area contributed by atoms with Gasteiger partial charge in [0.05, 0.1) is 17.3 Å². The van der Waals surface area contributed by atoms with Crippen LogP contribution in [0.3, 0.4) is 0 Å². The van der Waals surface area contributed by atoms with Gasteiger partial charge >= 0.3 is 35.5 Å². The largest absolute Gasteiger partial charge is 1.00 e. The molecule has 1 aromatic rings. The summed E-state index contributed by atoms with van der Waals surface area (Å²) in [5.74, 6) is -1.48. The van der Waals surface area contributed by atoms with Crippen molar-refractivity contribution in [3.8, 4) is 5.75 Å². The van der Waals surface area contributed by atoms with Crippen molar-refractivity contribution in [3.05, 3.63) is 47.2 Å². The SMILES string of the molecule is CC(=O)Oc1c(C)ccc2c1NC(S(=O)O)C1CC(/C=C/C(N)=O)=CN1C2=O.[H-].[Na+]. The van der Waals surface area contributed by atoms with Gasteiger partial charge < -0.3 is 26.7 Å². The molecule has 3 atom stereocenters. The normalized spacial score (nSPS) is 21.3. The van der Waals surface area contributed by atoms with E-state index in [1.807, 2.05) is 0 Å². The van der Waals surface area contributed by atoms with Gasteiger partial charge in [-0.15, -0.1) is 0 Å². The van der Waals surface area contributed by atoms with Gasteiger partial charge in [0.1, 0.15) is 5.37 Å². The molecule has 0 radical (unpaired) electrons. The standard InChI is InChI=1S/C18H19N3O6S.Na.H/c1-9-3-5-12-15(16(9)27-10(2)22)20-17(28(25)26)13-7-11(4-6-14(19)23)8-21(13)18(12)24;;/h3-6,8,13,17,20H,7H2,1-2H3,(H2,19,23)(H,25,26);;/q;+1;-1/b6-4+;;. The van der Waals surface area contributed by atoms with Crippen LogP contribution in [-0.2, 0) is 20.7 Å². The van der Waals surface area contributed by atoms with Crippen molar-refractivity contribution in [2.75, 3.05) is 5.32 Å². The molecule has 4 N–H and O–H groups in total. The molecule has 9 nitrogen and oxygen atoms in total. The number of anilines is 1. The average Bonchev–Trinajstić information content (AvgIpc) is 2.98. The minimum atomic E-state index is -2.35. The molecule has 150 valence electrons. The summed E-state index contributed by atoms with van der Waals surface area (Å²) in [7, 11) is 0. The fourth-order valence-electron chi connectivity index (χ4n) is 3.28. The zero-order valence-electron chi connectivity index (χ0n) is 17.2. The molecule has 2 aliphatic heterocycles. The van der Waals surface area contributed by atoms with Crippen molar-refractivity contribution >= 4 is 34.6 Å². The molecule has 0 saturated heterocycles. The number of esters is 1. The molecule has 29 heavy (non-hydrogen) atoms. The van der Waals surface area contributed by atoms with Gasteiger partial charge in [-0.1, -0.05) is 12.1 Å². The van der Waals surface area contributed by atoms with E-state index in [1.165, 1.54) is 24.1 Å². The number of fused-ring (bicyclic) bond motifs is 2. The first kappa shape index (κ1) is 23.3. The maximum Gasteiger partial charge on any atom is 1.00 e. The van der Waals surface area contributed by atoms with Crippen molar-refractivity contribution in [3.63, 3.8) is 0 Å². The van der Waals surface area contributed by atoms with Crippen LogP contribution in [0.2, 0.25) is 0 Å². The summed E-state index contributed by atoms with van der Waals surface area (Å²) in [6.45, 7) is 2.94. The first-order valence-corrected chi connectivity index (χ1v) is 9.55. The second-order valence-corrected chi connectivity index (χ2v) is 7.55. The van der Waals surface area contributed by atoms with Gasteiger partial charge in [0, 0.05) is 19.2 Å². The number of rotatable bonds is 4. The van der Waals surface area contributed by atoms with Crippen LogP contribution in [0.5, 0.6) is 5.75 Å². The Labute approximate surface area is 193 Å². The van der Waals surface area contributed by atoms with E-state index in [-0.39, 0.29) is 54.4 Å². The molecule has 0 saturated carbocycles. The molecule has 2 amide bonds. The summed E-state index contributed by atoms with van der Waals surface area (Å²) in [6.07, 6.45) is 4.41. The molecule has 0 aromatic heterocycles. The van der Waals surface area contributed by atoms with Crippen LogP contribution >= 0.6 is 0 Å². The van der Waals surface area contributed by atoms with Crippen LogP contribution < -0.4 is 45.3 Å². The number of hydrogen-bond acceptors (Lipinski definition) is 6. The van der Waals surface area contributed by atoms with Gasteiger partial charge in [0.15, 0.2) is 16.8 Å². The molecule has 2 heterocycles. The molecule has 0 fully saturated rings. The van der Waals surface area contributed by atoms with E-state index in [9.17, 15) is 23.1 Å². The fourth-order valence-corrected chi connectivity index (χ4v) is 3.99. The molecule has 0 bridgehead atoms. The third kappa shape index (κ3) is 4.78. The third-order valence-corrected chi connectivity index (χ3v) is 5.35. The summed E-state index contributed by atoms with van der Waals surface area (Å²) in [6, 6.07) is 2.52. The summed E-state index contributed by atoms with van der Waals surface area (Å²) in [5, 5.41) is 1.88. The van der Waals surface area contributed by atoms with Crippen molar-refractivity contribution in [2.45, 2.75) is 31.7 Å². The molecule has 0 aliphatic carbocycles. The number of nitrogens with one attached hydrogen (secondary N) is 1. The van der Waals surface area contributed by atoms with Crippen molar-refractivity contribution < 1.29 is 58.9 Å². The number of ether oxygens (including phenoxy) is 1. The zero-order valence-corrected chi connectivity index (χ0v) is 19.0. The summed E-state index contributed by atoms with van der Waals surface area (Å²) >= 11 is -2.35. The van der Waals surface area contributed by atoms with Gasteiger partial charge in [-0.25, -0.2) is 4.21 Å². The monoisotopic (exact) mass is 429 g/mol. The Balaban J connectivity index is 0.00000225. The van der Waals surface area contributed by atoms with Crippen LogP contribution in [0.4, 0.5) is 5.69 Å². The van der Waals surface area contributed by atoms with E-state index in [0.717, 1.165) is 6.08 Å². The minimum absolute atomic E-state index is 0. The number of amides is 2. The molecular formula is C18H20N3NaO6S. The average molecular weight is 429 g/mol. The summed E-state index contributed by atoms with van der Waals surface area (Å²) < 4.78 is 27.2. The second kappa shape index (κ2) is 9.23. The smallest absolute Gasteiger partial charge is 1.00 e. The van der Waals surface area contributed by atoms with Crippen LogP contribution in [-0.4, -0.2) is 42.9 Å². The number of hydrogen-bond donors (Lipinski definition) is 3. The summed E-state index contributed by atoms with van der Waals surface area (Å²) in [4.78, 5) is 36.9. The third-order valence-electron chi connectivity index (χ3n) is 4.49. The van der Waals surface area contributed by atoms with Crippen molar-refractivity contribution in [1.29, 1.82) is 0 Å². The Bertz CT molecular complexity index is 967. The number of primary amides is 1.